The van der Waals surface area contributed by atoms with E-state index in [1.807, 2.05) is 4.90 Å². The predicted octanol–water partition coefficient (Wildman–Crippen LogP) is 3.89. The van der Waals surface area contributed by atoms with E-state index >= 15 is 0 Å². The Balaban J connectivity index is 1.71. The fourth-order valence-corrected chi connectivity index (χ4v) is 2.87. The lowest BCUT2D eigenvalue weighted by molar-refractivity contribution is -0.143. The number of carbonyl (C=O) groups is 1. The minimum Gasteiger partial charge on any atom is -0.378 e. The maximum atomic E-state index is 12.9. The normalized spacial score (nSPS) is 15.2. The van der Waals surface area contributed by atoms with Crippen LogP contribution in [0.5, 0.6) is 0 Å². The Bertz CT molecular complexity index is 858. The van der Waals surface area contributed by atoms with Gasteiger partial charge in [0.25, 0.3) is 5.91 Å². The van der Waals surface area contributed by atoms with Crippen LogP contribution in [0.1, 0.15) is 27.0 Å². The van der Waals surface area contributed by atoms with E-state index in [1.165, 1.54) is 6.20 Å². The van der Waals surface area contributed by atoms with Crippen molar-refractivity contribution in [2.75, 3.05) is 31.2 Å². The average Bonchev–Trinajstić information content (AvgIpc) is 2.71. The molecule has 1 aliphatic heterocycles. The molecule has 0 atom stereocenters. The first kappa shape index (κ1) is 21.9. The molecule has 1 fully saturated rings. The van der Waals surface area contributed by atoms with Crippen molar-refractivity contribution in [3.05, 3.63) is 58.8 Å². The second-order valence-corrected chi connectivity index (χ2v) is 6.60. The monoisotopic (exact) mass is 433 g/mol. The van der Waals surface area contributed by atoms with Crippen LogP contribution in [0.25, 0.3) is 0 Å². The second-order valence-electron chi connectivity index (χ2n) is 6.60. The van der Waals surface area contributed by atoms with Crippen molar-refractivity contribution in [2.45, 2.75) is 18.9 Å². The molecule has 5 nitrogen and oxygen atoms in total. The van der Waals surface area contributed by atoms with Crippen LogP contribution in [0.4, 0.5) is 32.2 Å². The largest absolute Gasteiger partial charge is 0.416 e. The smallest absolute Gasteiger partial charge is 0.378 e. The molecule has 2 aromatic rings. The molecule has 1 aromatic heterocycles. The van der Waals surface area contributed by atoms with Gasteiger partial charge < -0.3 is 15.0 Å². The summed E-state index contributed by atoms with van der Waals surface area (Å²) in [6.45, 7) is 2.42. The lowest BCUT2D eigenvalue weighted by Gasteiger charge is -2.27. The molecule has 1 aliphatic rings. The van der Waals surface area contributed by atoms with Crippen LogP contribution < -0.4 is 10.2 Å². The van der Waals surface area contributed by atoms with E-state index in [4.69, 9.17) is 4.74 Å². The third kappa shape index (κ3) is 5.41. The third-order valence-corrected chi connectivity index (χ3v) is 4.45. The molecule has 0 aliphatic carbocycles. The van der Waals surface area contributed by atoms with Crippen LogP contribution in [-0.4, -0.2) is 37.2 Å². The summed E-state index contributed by atoms with van der Waals surface area (Å²) in [6.07, 6.45) is -8.55. The zero-order chi connectivity index (χ0) is 21.9. The Kier molecular flexibility index (Phi) is 6.20. The maximum absolute atomic E-state index is 12.9. The molecule has 1 amide bonds. The number of aromatic nitrogens is 1. The van der Waals surface area contributed by atoms with E-state index in [2.05, 4.69) is 10.3 Å². The van der Waals surface area contributed by atoms with Gasteiger partial charge in [0.15, 0.2) is 0 Å². The quantitative estimate of drug-likeness (QED) is 0.744. The number of nitrogens with zero attached hydrogens (tertiary/aromatic N) is 2. The first-order valence-corrected chi connectivity index (χ1v) is 8.89. The number of nitrogens with one attached hydrogen (secondary N) is 1. The number of anilines is 1. The van der Waals surface area contributed by atoms with Gasteiger partial charge in [0.1, 0.15) is 5.82 Å². The van der Waals surface area contributed by atoms with Crippen molar-refractivity contribution in [3.63, 3.8) is 0 Å². The van der Waals surface area contributed by atoms with E-state index in [9.17, 15) is 31.1 Å². The van der Waals surface area contributed by atoms with Gasteiger partial charge in [-0.3, -0.25) is 4.79 Å². The molecule has 0 spiro atoms. The summed E-state index contributed by atoms with van der Waals surface area (Å²) in [5, 5.41) is 2.32. The number of hydrogen-bond acceptors (Lipinski definition) is 4. The van der Waals surface area contributed by atoms with E-state index in [-0.39, 0.29) is 12.6 Å². The number of amides is 1. The van der Waals surface area contributed by atoms with Gasteiger partial charge in [-0.15, -0.1) is 0 Å². The van der Waals surface area contributed by atoms with Crippen LogP contribution >= 0.6 is 0 Å². The molecule has 1 saturated heterocycles. The molecule has 2 heterocycles. The summed E-state index contributed by atoms with van der Waals surface area (Å²) in [4.78, 5) is 18.5. The van der Waals surface area contributed by atoms with Crippen molar-refractivity contribution in [1.82, 2.24) is 10.3 Å². The fourth-order valence-electron chi connectivity index (χ4n) is 2.87. The van der Waals surface area contributed by atoms with Crippen LogP contribution in [-0.2, 0) is 23.6 Å². The fraction of sp³-hybridized carbons (Fsp3) is 0.368. The molecular weight excluding hydrogens is 416 g/mol. The summed E-state index contributed by atoms with van der Waals surface area (Å²) < 4.78 is 82.8. The Morgan fingerprint density at radius 3 is 2.10 bits per heavy atom. The summed E-state index contributed by atoms with van der Waals surface area (Å²) in [6, 6.07) is 4.16. The van der Waals surface area contributed by atoms with Gasteiger partial charge in [-0.05, 0) is 29.8 Å². The third-order valence-electron chi connectivity index (χ3n) is 4.45. The number of benzene rings is 1. The van der Waals surface area contributed by atoms with Crippen molar-refractivity contribution >= 4 is 11.7 Å². The molecule has 3 rings (SSSR count). The van der Waals surface area contributed by atoms with Gasteiger partial charge in [-0.2, -0.15) is 26.3 Å². The average molecular weight is 433 g/mol. The summed E-state index contributed by atoms with van der Waals surface area (Å²) in [7, 11) is 0. The molecule has 11 heteroatoms. The zero-order valence-corrected chi connectivity index (χ0v) is 15.5. The summed E-state index contributed by atoms with van der Waals surface area (Å²) >= 11 is 0. The molecule has 0 unspecified atom stereocenters. The Hall–Kier alpha value is -2.82. The number of pyridine rings is 1. The van der Waals surface area contributed by atoms with Crippen molar-refractivity contribution in [2.24, 2.45) is 0 Å². The maximum Gasteiger partial charge on any atom is 0.416 e. The van der Waals surface area contributed by atoms with Crippen molar-refractivity contribution < 1.29 is 35.9 Å². The Morgan fingerprint density at radius 1 is 1.00 bits per heavy atom. The molecule has 30 heavy (non-hydrogen) atoms. The molecule has 0 saturated carbocycles. The molecule has 1 aromatic carbocycles. The minimum absolute atomic E-state index is 0.0228. The number of halogens is 6. The molecule has 1 N–H and O–H groups in total. The highest BCUT2D eigenvalue weighted by Gasteiger charge is 2.37. The second kappa shape index (κ2) is 8.50. The van der Waals surface area contributed by atoms with Gasteiger partial charge in [-0.1, -0.05) is 6.07 Å². The Labute approximate surface area is 167 Å². The van der Waals surface area contributed by atoms with Gasteiger partial charge in [0.05, 0.1) is 24.3 Å². The van der Waals surface area contributed by atoms with E-state index in [0.29, 0.717) is 49.8 Å². The minimum atomic E-state index is -5.02. The highest BCUT2D eigenvalue weighted by molar-refractivity contribution is 5.94. The van der Waals surface area contributed by atoms with Crippen LogP contribution in [0.3, 0.4) is 0 Å². The standard InChI is InChI=1S/C19H17F6N3O2/c20-18(21,22)14-7-13(8-15(9-14)19(23,24)25)17(29)27-11-12-1-2-16(26-10-12)28-3-5-30-6-4-28/h1-2,7-10H,3-6,11H2,(H,27,29). The topological polar surface area (TPSA) is 54.5 Å². The number of rotatable bonds is 4. The predicted molar refractivity (Wildman–Crippen MR) is 94.9 cm³/mol. The van der Waals surface area contributed by atoms with Gasteiger partial charge >= 0.3 is 12.4 Å². The van der Waals surface area contributed by atoms with Crippen molar-refractivity contribution in [1.29, 1.82) is 0 Å². The van der Waals surface area contributed by atoms with Crippen molar-refractivity contribution in [3.8, 4) is 0 Å². The lowest BCUT2D eigenvalue weighted by Crippen LogP contribution is -2.36. The van der Waals surface area contributed by atoms with Gasteiger partial charge in [0.2, 0.25) is 0 Å². The number of alkyl halides is 6. The highest BCUT2D eigenvalue weighted by Crippen LogP contribution is 2.36. The SMILES string of the molecule is O=C(NCc1ccc(N2CCOCC2)nc1)c1cc(C(F)(F)F)cc(C(F)(F)F)c1. The molecular formula is C19H17F6N3O2. The van der Waals surface area contributed by atoms with E-state index in [1.54, 1.807) is 12.1 Å². The summed E-state index contributed by atoms with van der Waals surface area (Å²) in [5.41, 5.74) is -3.27. The van der Waals surface area contributed by atoms with Gasteiger partial charge in [0, 0.05) is 31.4 Å². The highest BCUT2D eigenvalue weighted by atomic mass is 19.4. The number of carbonyl (C=O) groups excluding carboxylic acids is 1. The first-order valence-electron chi connectivity index (χ1n) is 8.89. The number of morpholine rings is 1. The number of hydrogen-bond donors (Lipinski definition) is 1. The van der Waals surface area contributed by atoms with E-state index < -0.39 is 35.0 Å². The lowest BCUT2D eigenvalue weighted by atomic mass is 10.0. The Morgan fingerprint density at radius 2 is 1.60 bits per heavy atom. The first-order chi connectivity index (χ1) is 14.0. The molecule has 0 bridgehead atoms. The van der Waals surface area contributed by atoms with Gasteiger partial charge in [-0.25, -0.2) is 4.98 Å². The molecule has 0 radical (unpaired) electrons. The van der Waals surface area contributed by atoms with E-state index in [0.717, 1.165) is 0 Å². The zero-order valence-electron chi connectivity index (χ0n) is 15.5. The van der Waals surface area contributed by atoms with Crippen LogP contribution in [0.2, 0.25) is 0 Å². The number of ether oxygens (including phenoxy) is 1. The van der Waals surface area contributed by atoms with Crippen LogP contribution in [0, 0.1) is 0 Å². The van der Waals surface area contributed by atoms with Crippen LogP contribution in [0.15, 0.2) is 36.5 Å². The molecule has 162 valence electrons. The summed E-state index contributed by atoms with van der Waals surface area (Å²) in [5.74, 6) is -0.343.